The number of hydrogen-bond acceptors (Lipinski definition) is 4. The van der Waals surface area contributed by atoms with Crippen LogP contribution in [0.2, 0.25) is 0 Å². The lowest BCUT2D eigenvalue weighted by atomic mass is 9.90. The van der Waals surface area contributed by atoms with E-state index in [1.54, 1.807) is 0 Å². The van der Waals surface area contributed by atoms with Crippen molar-refractivity contribution in [2.45, 2.75) is 31.9 Å². The zero-order valence-electron chi connectivity index (χ0n) is 10.4. The average molecular weight is 282 g/mol. The fraction of sp³-hybridized carbons (Fsp3) is 0.727. The van der Waals surface area contributed by atoms with E-state index in [1.807, 2.05) is 19.2 Å². The van der Waals surface area contributed by atoms with Gasteiger partial charge in [-0.25, -0.2) is 4.98 Å². The Morgan fingerprint density at radius 2 is 2.06 bits per heavy atom. The molecule has 0 aliphatic carbocycles. The van der Waals surface area contributed by atoms with Gasteiger partial charge in [0.1, 0.15) is 6.61 Å². The monoisotopic (exact) mass is 282 g/mol. The molecule has 0 aromatic carbocycles. The molecule has 18 heavy (non-hydrogen) atoms. The molecule has 0 saturated carbocycles. The van der Waals surface area contributed by atoms with Crippen LogP contribution in [0.25, 0.3) is 0 Å². The van der Waals surface area contributed by atoms with Gasteiger partial charge in [-0.1, -0.05) is 13.8 Å². The second-order valence-corrected chi connectivity index (χ2v) is 5.57. The number of thiazole rings is 1. The van der Waals surface area contributed by atoms with Gasteiger partial charge in [-0.05, 0) is 0 Å². The first kappa shape index (κ1) is 15.4. The van der Waals surface area contributed by atoms with Crippen molar-refractivity contribution in [1.29, 1.82) is 0 Å². The van der Waals surface area contributed by atoms with E-state index in [4.69, 9.17) is 5.73 Å². The lowest BCUT2D eigenvalue weighted by molar-refractivity contribution is -0.173. The Hall–Kier alpha value is -0.660. The van der Waals surface area contributed by atoms with Gasteiger partial charge in [0.15, 0.2) is 0 Å². The quantitative estimate of drug-likeness (QED) is 0.816. The summed E-state index contributed by atoms with van der Waals surface area (Å²) < 4.78 is 40.0. The molecule has 0 saturated heterocycles. The number of hydrogen-bond donors (Lipinski definition) is 1. The Bertz CT molecular complexity index is 377. The second kappa shape index (κ2) is 5.99. The summed E-state index contributed by atoms with van der Waals surface area (Å²) in [6, 6.07) is 0. The molecule has 0 aliphatic rings. The normalized spacial score (nSPS) is 13.0. The van der Waals surface area contributed by atoms with Crippen molar-refractivity contribution >= 4 is 11.3 Å². The number of aromatic nitrogens is 1. The van der Waals surface area contributed by atoms with Crippen LogP contribution in [0.1, 0.15) is 24.5 Å². The van der Waals surface area contributed by atoms with Crippen LogP contribution in [0.15, 0.2) is 5.38 Å². The van der Waals surface area contributed by atoms with Gasteiger partial charge in [0.2, 0.25) is 0 Å². The third-order valence-electron chi connectivity index (χ3n) is 2.48. The molecule has 0 spiro atoms. The molecule has 1 aromatic rings. The minimum Gasteiger partial charge on any atom is -0.372 e. The summed E-state index contributed by atoms with van der Waals surface area (Å²) in [4.78, 5) is 4.36. The Kier molecular flexibility index (Phi) is 5.12. The molecule has 104 valence electrons. The topological polar surface area (TPSA) is 48.1 Å². The Morgan fingerprint density at radius 3 is 2.61 bits per heavy atom. The van der Waals surface area contributed by atoms with E-state index in [0.29, 0.717) is 13.0 Å². The number of nitrogens with zero attached hydrogens (tertiary/aromatic N) is 1. The zero-order valence-corrected chi connectivity index (χ0v) is 11.2. The van der Waals surface area contributed by atoms with Gasteiger partial charge in [-0.15, -0.1) is 11.3 Å². The largest absolute Gasteiger partial charge is 0.411 e. The van der Waals surface area contributed by atoms with Gasteiger partial charge in [0.25, 0.3) is 0 Å². The standard InChI is InChI=1S/C11H17F3N2OS/c1-10(2,6-15)8-5-18-9(16-8)3-4-17-7-11(12,13)14/h5H,3-4,6-7,15H2,1-2H3. The van der Waals surface area contributed by atoms with Gasteiger partial charge in [-0.2, -0.15) is 13.2 Å². The van der Waals surface area contributed by atoms with Crippen molar-refractivity contribution in [3.8, 4) is 0 Å². The van der Waals surface area contributed by atoms with Gasteiger partial charge < -0.3 is 10.5 Å². The SMILES string of the molecule is CC(C)(CN)c1csc(CCOCC(F)(F)F)n1. The van der Waals surface area contributed by atoms with E-state index >= 15 is 0 Å². The number of halogens is 3. The van der Waals surface area contributed by atoms with Crippen molar-refractivity contribution in [3.63, 3.8) is 0 Å². The minimum atomic E-state index is -4.27. The van der Waals surface area contributed by atoms with E-state index in [0.717, 1.165) is 10.7 Å². The van der Waals surface area contributed by atoms with Crippen LogP contribution in [-0.2, 0) is 16.6 Å². The first-order valence-electron chi connectivity index (χ1n) is 5.54. The summed E-state index contributed by atoms with van der Waals surface area (Å²) >= 11 is 1.42. The lowest BCUT2D eigenvalue weighted by Crippen LogP contribution is -2.28. The van der Waals surface area contributed by atoms with Crippen LogP contribution >= 0.6 is 11.3 Å². The van der Waals surface area contributed by atoms with Gasteiger partial charge >= 0.3 is 6.18 Å². The van der Waals surface area contributed by atoms with Crippen LogP contribution in [0, 0.1) is 0 Å². The molecule has 0 atom stereocenters. The molecule has 0 unspecified atom stereocenters. The maximum Gasteiger partial charge on any atom is 0.411 e. The molecule has 0 amide bonds. The summed E-state index contributed by atoms with van der Waals surface area (Å²) in [7, 11) is 0. The van der Waals surface area contributed by atoms with Gasteiger partial charge in [0, 0.05) is 23.8 Å². The Morgan fingerprint density at radius 1 is 1.39 bits per heavy atom. The summed E-state index contributed by atoms with van der Waals surface area (Å²) in [5.74, 6) is 0. The fourth-order valence-electron chi connectivity index (χ4n) is 1.19. The summed E-state index contributed by atoms with van der Waals surface area (Å²) in [5, 5.41) is 2.67. The maximum absolute atomic E-state index is 11.8. The number of nitrogens with two attached hydrogens (primary N) is 1. The molecule has 0 aliphatic heterocycles. The first-order valence-corrected chi connectivity index (χ1v) is 6.42. The summed E-state index contributed by atoms with van der Waals surface area (Å²) in [6.07, 6.45) is -3.88. The van der Waals surface area contributed by atoms with E-state index < -0.39 is 12.8 Å². The van der Waals surface area contributed by atoms with Gasteiger partial charge in [0.05, 0.1) is 17.3 Å². The van der Waals surface area contributed by atoms with Crippen molar-refractivity contribution in [3.05, 3.63) is 16.1 Å². The highest BCUT2D eigenvalue weighted by Crippen LogP contribution is 2.24. The highest BCUT2D eigenvalue weighted by atomic mass is 32.1. The van der Waals surface area contributed by atoms with Crippen LogP contribution in [0.4, 0.5) is 13.2 Å². The molecule has 0 bridgehead atoms. The predicted molar refractivity (Wildman–Crippen MR) is 64.8 cm³/mol. The summed E-state index contributed by atoms with van der Waals surface area (Å²) in [6.45, 7) is 3.24. The molecule has 1 heterocycles. The van der Waals surface area contributed by atoms with Crippen molar-refractivity contribution < 1.29 is 17.9 Å². The molecular formula is C11H17F3N2OS. The second-order valence-electron chi connectivity index (χ2n) is 4.63. The average Bonchev–Trinajstić information content (AvgIpc) is 2.72. The highest BCUT2D eigenvalue weighted by molar-refractivity contribution is 7.09. The molecular weight excluding hydrogens is 265 g/mol. The molecule has 1 aromatic heterocycles. The Balaban J connectivity index is 2.41. The highest BCUT2D eigenvalue weighted by Gasteiger charge is 2.27. The fourth-order valence-corrected chi connectivity index (χ4v) is 2.16. The maximum atomic E-state index is 11.8. The van der Waals surface area contributed by atoms with Gasteiger partial charge in [-0.3, -0.25) is 0 Å². The van der Waals surface area contributed by atoms with E-state index in [2.05, 4.69) is 9.72 Å². The Labute approximate surface area is 108 Å². The molecule has 0 fully saturated rings. The number of alkyl halides is 3. The van der Waals surface area contributed by atoms with Crippen LogP contribution in [0.5, 0.6) is 0 Å². The first-order chi connectivity index (χ1) is 8.24. The smallest absolute Gasteiger partial charge is 0.372 e. The van der Waals surface area contributed by atoms with Crippen molar-refractivity contribution in [2.75, 3.05) is 19.8 Å². The third kappa shape index (κ3) is 4.91. The zero-order chi connectivity index (χ0) is 13.8. The lowest BCUT2D eigenvalue weighted by Gasteiger charge is -2.19. The number of ether oxygens (including phenoxy) is 1. The molecule has 3 nitrogen and oxygen atoms in total. The third-order valence-corrected chi connectivity index (χ3v) is 3.39. The van der Waals surface area contributed by atoms with E-state index in [9.17, 15) is 13.2 Å². The predicted octanol–water partition coefficient (Wildman–Crippen LogP) is 2.50. The van der Waals surface area contributed by atoms with Crippen LogP contribution in [-0.4, -0.2) is 30.9 Å². The summed E-state index contributed by atoms with van der Waals surface area (Å²) in [5.41, 5.74) is 6.30. The molecule has 7 heteroatoms. The van der Waals surface area contributed by atoms with E-state index in [1.165, 1.54) is 11.3 Å². The minimum absolute atomic E-state index is 0.0233. The van der Waals surface area contributed by atoms with Crippen molar-refractivity contribution in [1.82, 2.24) is 4.98 Å². The molecule has 1 rings (SSSR count). The molecule has 0 radical (unpaired) electrons. The number of rotatable bonds is 6. The van der Waals surface area contributed by atoms with Crippen LogP contribution < -0.4 is 5.73 Å². The molecule has 2 N–H and O–H groups in total. The van der Waals surface area contributed by atoms with Crippen LogP contribution in [0.3, 0.4) is 0 Å². The van der Waals surface area contributed by atoms with E-state index in [-0.39, 0.29) is 12.0 Å². The van der Waals surface area contributed by atoms with Crippen molar-refractivity contribution in [2.24, 2.45) is 5.73 Å².